The first-order valence-corrected chi connectivity index (χ1v) is 6.04. The molecule has 0 aliphatic rings. The van der Waals surface area contributed by atoms with Crippen molar-refractivity contribution in [1.82, 2.24) is 16.0 Å². The number of aliphatic carboxylic acids is 1. The van der Waals surface area contributed by atoms with E-state index in [0.29, 0.717) is 19.6 Å². The Labute approximate surface area is 111 Å². The van der Waals surface area contributed by atoms with Crippen LogP contribution in [0.5, 0.6) is 0 Å². The number of hydrogen-bond donors (Lipinski definition) is 4. The molecule has 8 nitrogen and oxygen atoms in total. The highest BCUT2D eigenvalue weighted by Gasteiger charge is 2.16. The number of amides is 3. The second-order valence-electron chi connectivity index (χ2n) is 3.79. The topological polar surface area (TPSA) is 117 Å². The summed E-state index contributed by atoms with van der Waals surface area (Å²) in [5.74, 6) is -1.29. The van der Waals surface area contributed by atoms with Crippen LogP contribution in [0.25, 0.3) is 0 Å². The summed E-state index contributed by atoms with van der Waals surface area (Å²) in [6.07, 6.45) is 0.418. The Bertz CT molecular complexity index is 309. The zero-order valence-corrected chi connectivity index (χ0v) is 11.2. The second kappa shape index (κ2) is 10.1. The molecule has 0 aliphatic heterocycles. The van der Waals surface area contributed by atoms with E-state index in [9.17, 15) is 14.4 Å². The molecule has 0 fully saturated rings. The summed E-state index contributed by atoms with van der Waals surface area (Å²) in [5, 5.41) is 16.0. The minimum atomic E-state index is -1.09. The van der Waals surface area contributed by atoms with Gasteiger partial charge in [-0.25, -0.2) is 9.59 Å². The van der Waals surface area contributed by atoms with Crippen molar-refractivity contribution in [2.45, 2.75) is 25.8 Å². The van der Waals surface area contributed by atoms with Gasteiger partial charge in [0.15, 0.2) is 0 Å². The van der Waals surface area contributed by atoms with E-state index in [1.807, 2.05) is 0 Å². The van der Waals surface area contributed by atoms with Gasteiger partial charge in [0, 0.05) is 26.6 Å². The minimum absolute atomic E-state index is 0.126. The van der Waals surface area contributed by atoms with Gasteiger partial charge in [0.2, 0.25) is 5.91 Å². The summed E-state index contributed by atoms with van der Waals surface area (Å²) in [7, 11) is 1.53. The predicted octanol–water partition coefficient (Wildman–Crippen LogP) is -0.698. The molecule has 0 rings (SSSR count). The smallest absolute Gasteiger partial charge is 0.326 e. The molecular formula is C11H21N3O5. The third kappa shape index (κ3) is 8.83. The van der Waals surface area contributed by atoms with Crippen LogP contribution >= 0.6 is 0 Å². The van der Waals surface area contributed by atoms with Crippen LogP contribution in [0.15, 0.2) is 0 Å². The summed E-state index contributed by atoms with van der Waals surface area (Å²) < 4.78 is 4.76. The minimum Gasteiger partial charge on any atom is -0.480 e. The molecule has 0 radical (unpaired) electrons. The van der Waals surface area contributed by atoms with Crippen molar-refractivity contribution in [2.24, 2.45) is 0 Å². The van der Waals surface area contributed by atoms with Crippen LogP contribution in [0, 0.1) is 0 Å². The molecule has 0 bridgehead atoms. The maximum absolute atomic E-state index is 11.3. The first-order chi connectivity index (χ1) is 9.01. The van der Waals surface area contributed by atoms with Gasteiger partial charge in [-0.2, -0.15) is 0 Å². The fourth-order valence-corrected chi connectivity index (χ4v) is 1.22. The van der Waals surface area contributed by atoms with Crippen molar-refractivity contribution in [3.63, 3.8) is 0 Å². The SMILES string of the molecule is CC[C@H](NC(=O)NCCC(=O)NCCOC)C(=O)O. The van der Waals surface area contributed by atoms with E-state index in [1.165, 1.54) is 7.11 Å². The van der Waals surface area contributed by atoms with Crippen LogP contribution in [-0.2, 0) is 14.3 Å². The molecule has 110 valence electrons. The van der Waals surface area contributed by atoms with Crippen molar-refractivity contribution in [3.05, 3.63) is 0 Å². The van der Waals surface area contributed by atoms with Gasteiger partial charge in [-0.1, -0.05) is 6.92 Å². The van der Waals surface area contributed by atoms with Gasteiger partial charge in [-0.3, -0.25) is 4.79 Å². The van der Waals surface area contributed by atoms with Crippen LogP contribution in [0.4, 0.5) is 4.79 Å². The first-order valence-electron chi connectivity index (χ1n) is 6.04. The highest BCUT2D eigenvalue weighted by Crippen LogP contribution is 1.90. The van der Waals surface area contributed by atoms with Gasteiger partial charge >= 0.3 is 12.0 Å². The Morgan fingerprint density at radius 3 is 2.42 bits per heavy atom. The van der Waals surface area contributed by atoms with Gasteiger partial charge in [0.25, 0.3) is 0 Å². The van der Waals surface area contributed by atoms with Crippen LogP contribution in [0.1, 0.15) is 19.8 Å². The number of urea groups is 1. The second-order valence-corrected chi connectivity index (χ2v) is 3.79. The fourth-order valence-electron chi connectivity index (χ4n) is 1.22. The molecular weight excluding hydrogens is 254 g/mol. The molecule has 3 amide bonds. The third-order valence-electron chi connectivity index (χ3n) is 2.28. The van der Waals surface area contributed by atoms with E-state index in [4.69, 9.17) is 9.84 Å². The molecule has 0 saturated heterocycles. The van der Waals surface area contributed by atoms with Crippen LogP contribution in [0.2, 0.25) is 0 Å². The average Bonchev–Trinajstić information content (AvgIpc) is 2.36. The quantitative estimate of drug-likeness (QED) is 0.415. The summed E-state index contributed by atoms with van der Waals surface area (Å²) in [4.78, 5) is 33.3. The summed E-state index contributed by atoms with van der Waals surface area (Å²) in [6, 6.07) is -1.52. The van der Waals surface area contributed by atoms with Crippen molar-refractivity contribution >= 4 is 17.9 Å². The Hall–Kier alpha value is -1.83. The molecule has 0 unspecified atom stereocenters. The van der Waals surface area contributed by atoms with E-state index >= 15 is 0 Å². The molecule has 8 heteroatoms. The molecule has 0 heterocycles. The number of rotatable bonds is 9. The Kier molecular flexibility index (Phi) is 9.15. The lowest BCUT2D eigenvalue weighted by atomic mass is 10.2. The predicted molar refractivity (Wildman–Crippen MR) is 67.8 cm³/mol. The normalized spacial score (nSPS) is 11.5. The van der Waals surface area contributed by atoms with E-state index in [0.717, 1.165) is 0 Å². The number of ether oxygens (including phenoxy) is 1. The van der Waals surface area contributed by atoms with Crippen molar-refractivity contribution in [2.75, 3.05) is 26.8 Å². The monoisotopic (exact) mass is 275 g/mol. The van der Waals surface area contributed by atoms with Gasteiger partial charge < -0.3 is 25.8 Å². The molecule has 0 aromatic rings. The zero-order chi connectivity index (χ0) is 14.7. The van der Waals surface area contributed by atoms with E-state index in [2.05, 4.69) is 16.0 Å². The van der Waals surface area contributed by atoms with Gasteiger partial charge in [-0.15, -0.1) is 0 Å². The standard InChI is InChI=1S/C11H21N3O5/c1-3-8(10(16)17)14-11(18)13-5-4-9(15)12-6-7-19-2/h8H,3-7H2,1-2H3,(H,12,15)(H,16,17)(H2,13,14,18)/t8-/m0/s1. The van der Waals surface area contributed by atoms with Crippen LogP contribution in [-0.4, -0.2) is 55.9 Å². The lowest BCUT2D eigenvalue weighted by Gasteiger charge is -2.13. The summed E-state index contributed by atoms with van der Waals surface area (Å²) >= 11 is 0. The highest BCUT2D eigenvalue weighted by molar-refractivity contribution is 5.83. The number of carbonyl (C=O) groups excluding carboxylic acids is 2. The third-order valence-corrected chi connectivity index (χ3v) is 2.28. The van der Waals surface area contributed by atoms with Gasteiger partial charge in [0.1, 0.15) is 6.04 Å². The molecule has 0 aliphatic carbocycles. The largest absolute Gasteiger partial charge is 0.480 e. The Morgan fingerprint density at radius 2 is 1.89 bits per heavy atom. The lowest BCUT2D eigenvalue weighted by molar-refractivity contribution is -0.139. The maximum Gasteiger partial charge on any atom is 0.326 e. The number of hydrogen-bond acceptors (Lipinski definition) is 4. The average molecular weight is 275 g/mol. The van der Waals surface area contributed by atoms with E-state index in [1.54, 1.807) is 6.92 Å². The fraction of sp³-hybridized carbons (Fsp3) is 0.727. The van der Waals surface area contributed by atoms with Crippen molar-refractivity contribution in [1.29, 1.82) is 0 Å². The van der Waals surface area contributed by atoms with E-state index in [-0.39, 0.29) is 18.9 Å². The number of methoxy groups -OCH3 is 1. The number of carboxylic acid groups (broad SMARTS) is 1. The molecule has 4 N–H and O–H groups in total. The van der Waals surface area contributed by atoms with Gasteiger partial charge in [0.05, 0.1) is 6.61 Å². The lowest BCUT2D eigenvalue weighted by Crippen LogP contribution is -2.46. The molecule has 1 atom stereocenters. The van der Waals surface area contributed by atoms with Crippen molar-refractivity contribution < 1.29 is 24.2 Å². The van der Waals surface area contributed by atoms with Crippen LogP contribution in [0.3, 0.4) is 0 Å². The molecule has 19 heavy (non-hydrogen) atoms. The summed E-state index contributed by atoms with van der Waals surface area (Å²) in [5.41, 5.74) is 0. The molecule has 0 saturated carbocycles. The zero-order valence-electron chi connectivity index (χ0n) is 11.2. The maximum atomic E-state index is 11.3. The number of carbonyl (C=O) groups is 3. The summed E-state index contributed by atoms with van der Waals surface area (Å²) in [6.45, 7) is 2.64. The van der Waals surface area contributed by atoms with E-state index < -0.39 is 18.0 Å². The first kappa shape index (κ1) is 17.2. The highest BCUT2D eigenvalue weighted by atomic mass is 16.5. The Balaban J connectivity index is 3.73. The number of carboxylic acids is 1. The molecule has 0 aromatic heterocycles. The molecule has 0 spiro atoms. The molecule has 0 aromatic carbocycles. The van der Waals surface area contributed by atoms with Crippen molar-refractivity contribution in [3.8, 4) is 0 Å². The Morgan fingerprint density at radius 1 is 1.21 bits per heavy atom. The number of nitrogens with one attached hydrogen (secondary N) is 3. The van der Waals surface area contributed by atoms with Gasteiger partial charge in [-0.05, 0) is 6.42 Å². The van der Waals surface area contributed by atoms with Crippen LogP contribution < -0.4 is 16.0 Å².